The van der Waals surface area contributed by atoms with Gasteiger partial charge in [0.05, 0.1) is 42.6 Å². The number of phenols is 2. The maximum absolute atomic E-state index is 14.3. The number of primary amides is 2. The number of hydrogen-bond acceptors (Lipinski definition) is 28. The number of aromatic amines is 2. The summed E-state index contributed by atoms with van der Waals surface area (Å²) in [6.45, 7) is 11.3. The molecule has 0 fully saturated rings. The second-order valence-corrected chi connectivity index (χ2v) is 33.1. The van der Waals surface area contributed by atoms with Crippen LogP contribution in [0.2, 0.25) is 0 Å². The van der Waals surface area contributed by atoms with Gasteiger partial charge in [0.15, 0.2) is 11.6 Å². The van der Waals surface area contributed by atoms with E-state index in [-0.39, 0.29) is 95.7 Å². The number of carbonyl (C=O) groups excluding carboxylic acids is 18. The number of carbonyl (C=O) groups is 21. The molecular formula is C86H114N24O28. The highest BCUT2D eigenvalue weighted by atomic mass is 16.6. The summed E-state index contributed by atoms with van der Waals surface area (Å²) in [5.41, 5.74) is 15.5. The van der Waals surface area contributed by atoms with Gasteiger partial charge in [0, 0.05) is 85.4 Å². The first-order chi connectivity index (χ1) is 65.0. The zero-order valence-electron chi connectivity index (χ0n) is 76.4. The molecule has 15 atom stereocenters. The van der Waals surface area contributed by atoms with E-state index in [1.165, 1.54) is 107 Å². The molecular weight excluding hydrogens is 1820 g/mol. The highest BCUT2D eigenvalue weighted by molar-refractivity contribution is 6.05. The Balaban J connectivity index is 0.950. The minimum atomic E-state index is -1.99. The predicted octanol–water partition coefficient (Wildman–Crippen LogP) is -5.87. The van der Waals surface area contributed by atoms with Crippen molar-refractivity contribution < 1.29 is 136 Å². The van der Waals surface area contributed by atoms with E-state index in [1.54, 1.807) is 20.8 Å². The zero-order valence-corrected chi connectivity index (χ0v) is 76.4. The number of H-pyrrole nitrogens is 2. The lowest BCUT2D eigenvalue weighted by Gasteiger charge is -2.36. The lowest BCUT2D eigenvalue weighted by Crippen LogP contribution is -2.61. The van der Waals surface area contributed by atoms with Crippen LogP contribution in [0.1, 0.15) is 175 Å². The van der Waals surface area contributed by atoms with Gasteiger partial charge in [0.1, 0.15) is 108 Å². The standard InChI is InChI=1S/C86H114N24O28/c1-10-38(4)68(82(133)108-59(31-63(88)114)80(131)105-54(20-23-65(116)117)76(127)98-39(5)69(120)94-34-64(115)102-56(83(134)135)12-11-25-93-85(89)90)110-77(128)55(21-24-66(118)119)103-71(122)42(8)101-78(129)57(27-45-32-91-35-95-45)106-72(123)41(7)97-70(121)40(6)100-79(130)58(28-46-33-92-36-96-46)107-81(132)67(37(2)3)109-73(124)43(9)99-75(126)53(19-22-62(87)113)104-74(125)44-13-16-50-49(26-44)84(136)138-86(50)51-17-14-47(111)29-60(51)137-61-30-48(112)15-18-52(61)86/h13-18,26,29-30,32-33,35-43,53-59,67-68,111-112H,10-12,19-25,27-28,31,34H2,1-9H3,(H2,87,113)(H2,88,114)(H,91,95)(H,92,96)(H,94,120)(H,97,121)(H,98,127)(H,99,126)(H,100,130)(H,101,129)(H,102,115)(H,103,122)(H,104,125)(H,105,131)(H,106,123)(H,107,132)(H,108,133)(H,109,124)(H,110,128)(H,116,117)(H,118,119)(H,134,135)(H4,89,90,93)/t38-,39-,40-,41-,42-,43-,53-,54-,55-,56-,57-,58-,59-,67-,68-/m0/s1. The number of esters is 1. The fourth-order valence-electron chi connectivity index (χ4n) is 14.2. The third-order valence-electron chi connectivity index (χ3n) is 22.0. The molecule has 17 amide bonds. The van der Waals surface area contributed by atoms with E-state index < -0.39 is 278 Å². The largest absolute Gasteiger partial charge is 0.508 e. The van der Waals surface area contributed by atoms with Crippen LogP contribution in [0.25, 0.3) is 0 Å². The number of phenolic OH excluding ortho intramolecular Hbond substituents is 2. The monoisotopic (exact) mass is 1930 g/mol. The average Bonchev–Trinajstić information content (AvgIpc) is 1.52. The predicted molar refractivity (Wildman–Crippen MR) is 477 cm³/mol. The molecule has 2 aliphatic rings. The van der Waals surface area contributed by atoms with Gasteiger partial charge in [0.2, 0.25) is 94.5 Å². The molecule has 7 rings (SSSR count). The molecule has 5 aromatic rings. The summed E-state index contributed by atoms with van der Waals surface area (Å²) in [7, 11) is 0. The number of ether oxygens (including phenoxy) is 2. The zero-order chi connectivity index (χ0) is 102. The van der Waals surface area contributed by atoms with E-state index >= 15 is 0 Å². The van der Waals surface area contributed by atoms with Crippen LogP contribution in [0, 0.1) is 17.2 Å². The van der Waals surface area contributed by atoms with E-state index in [1.807, 2.05) is 0 Å². The summed E-state index contributed by atoms with van der Waals surface area (Å²) in [5.74, 6) is -25.5. The van der Waals surface area contributed by atoms with Crippen molar-refractivity contribution in [3.8, 4) is 23.0 Å². The Morgan fingerprint density at radius 2 is 0.855 bits per heavy atom. The van der Waals surface area contributed by atoms with Crippen molar-refractivity contribution >= 4 is 130 Å². The third kappa shape index (κ3) is 31.1. The first-order valence-corrected chi connectivity index (χ1v) is 43.5. The molecule has 52 heteroatoms. The number of nitrogens with two attached hydrogens (primary N) is 3. The number of fused-ring (bicyclic) bond motifs is 6. The molecule has 4 heterocycles. The van der Waals surface area contributed by atoms with E-state index in [4.69, 9.17) is 32.1 Å². The van der Waals surface area contributed by atoms with Crippen molar-refractivity contribution in [2.75, 3.05) is 13.1 Å². The Morgan fingerprint density at radius 1 is 0.442 bits per heavy atom. The van der Waals surface area contributed by atoms with Crippen LogP contribution >= 0.6 is 0 Å². The average molecular weight is 1930 g/mol. The lowest BCUT2D eigenvalue weighted by atomic mass is 9.77. The fourth-order valence-corrected chi connectivity index (χ4v) is 14.2. The number of aliphatic carboxylic acids is 3. The van der Waals surface area contributed by atoms with Gasteiger partial charge in [-0.3, -0.25) is 96.5 Å². The highest BCUT2D eigenvalue weighted by Gasteiger charge is 2.54. The van der Waals surface area contributed by atoms with Gasteiger partial charge in [0.25, 0.3) is 5.91 Å². The van der Waals surface area contributed by atoms with E-state index in [2.05, 4.69) is 105 Å². The molecule has 0 radical (unpaired) electrons. The Kier molecular flexibility index (Phi) is 39.4. The molecule has 0 aliphatic carbocycles. The second kappa shape index (κ2) is 50.1. The molecule has 0 saturated heterocycles. The SMILES string of the molecule is CC[C@H](C)[C@H](NC(=O)[C@H](CCC(=O)O)NC(=O)[C@H](C)NC(=O)[C@H](Cc1c[nH]cn1)NC(=O)[C@H](C)NC(=O)[C@H](C)NC(=O)[C@H](Cc1c[nH]cn1)NC(=O)[C@@H](NC(=O)[C@H](C)NC(=O)[C@H](CCC(N)=O)NC(=O)c1ccc2c(c1)C(=O)OC21c2ccc(O)cc2Oc2cc(O)ccc21)C(C)C)C(=O)N[C@@H](CC(N)=O)C(=O)N[C@@H](CCC(=O)O)C(=O)N[C@@H](C)C(=O)NCC(=O)N[C@@H](CCCNC(=N)N)C(=O)O. The molecule has 0 unspecified atom stereocenters. The Morgan fingerprint density at radius 3 is 1.32 bits per heavy atom. The van der Waals surface area contributed by atoms with Gasteiger partial charge in [-0.25, -0.2) is 19.6 Å². The lowest BCUT2D eigenvalue weighted by molar-refractivity contribution is -0.142. The number of nitrogens with zero attached hydrogens (tertiary/aromatic N) is 2. The van der Waals surface area contributed by atoms with Crippen LogP contribution in [0.15, 0.2) is 79.6 Å². The molecule has 2 aliphatic heterocycles. The molecule has 52 nitrogen and oxygen atoms in total. The molecule has 0 saturated carbocycles. The van der Waals surface area contributed by atoms with Crippen molar-refractivity contribution in [1.82, 2.24) is 105 Å². The van der Waals surface area contributed by atoms with Gasteiger partial charge in [-0.05, 0) is 115 Å². The Hall–Kier alpha value is -16.4. The van der Waals surface area contributed by atoms with Crippen molar-refractivity contribution in [1.29, 1.82) is 5.41 Å². The minimum absolute atomic E-state index is 0.0812. The van der Waals surface area contributed by atoms with Gasteiger partial charge in [-0.2, -0.15) is 0 Å². The number of amides is 17. The number of guanidine groups is 1. The quantitative estimate of drug-likeness (QED) is 0.00746. The molecule has 3 aromatic carbocycles. The smallest absolute Gasteiger partial charge is 0.340 e. The summed E-state index contributed by atoms with van der Waals surface area (Å²) < 4.78 is 12.1. The summed E-state index contributed by atoms with van der Waals surface area (Å²) in [5, 5.41) is 94.9. The van der Waals surface area contributed by atoms with Crippen LogP contribution in [-0.4, -0.2) is 273 Å². The second-order valence-electron chi connectivity index (χ2n) is 33.1. The van der Waals surface area contributed by atoms with Crippen LogP contribution < -0.4 is 107 Å². The summed E-state index contributed by atoms with van der Waals surface area (Å²) in [4.78, 5) is 297. The van der Waals surface area contributed by atoms with Gasteiger partial charge < -0.3 is 147 Å². The van der Waals surface area contributed by atoms with Crippen LogP contribution in [0.3, 0.4) is 0 Å². The van der Waals surface area contributed by atoms with Gasteiger partial charge in [-0.15, -0.1) is 0 Å². The number of carboxylic acids is 3. The summed E-state index contributed by atoms with van der Waals surface area (Å²) >= 11 is 0. The van der Waals surface area contributed by atoms with Crippen LogP contribution in [-0.2, 0) is 114 Å². The topological polar surface area (TPSA) is 830 Å². The summed E-state index contributed by atoms with van der Waals surface area (Å²) in [6.07, 6.45) is -0.0634. The fraction of sp³-hybridized carbons (Fsp3) is 0.465. The molecule has 0 bridgehead atoms. The van der Waals surface area contributed by atoms with E-state index in [0.717, 1.165) is 13.8 Å². The molecule has 1 spiro atoms. The molecule has 746 valence electrons. The molecule has 2 aromatic heterocycles. The minimum Gasteiger partial charge on any atom is -0.508 e. The van der Waals surface area contributed by atoms with Crippen LogP contribution in [0.5, 0.6) is 23.0 Å². The van der Waals surface area contributed by atoms with Gasteiger partial charge >= 0.3 is 23.9 Å². The summed E-state index contributed by atoms with van der Waals surface area (Å²) in [6, 6.07) is -10.4. The van der Waals surface area contributed by atoms with Crippen molar-refractivity contribution in [3.05, 3.63) is 119 Å². The van der Waals surface area contributed by atoms with Crippen molar-refractivity contribution in [2.24, 2.45) is 29.0 Å². The number of carboxylic acid groups (broad SMARTS) is 3. The molecule has 138 heavy (non-hydrogen) atoms. The van der Waals surface area contributed by atoms with E-state index in [0.29, 0.717) is 11.1 Å². The first kappa shape index (κ1) is 109. The number of rotatable bonds is 53. The Bertz CT molecular complexity index is 5350. The number of hydrogen-bond donors (Lipinski definition) is 27. The van der Waals surface area contributed by atoms with Gasteiger partial charge in [-0.1, -0.05) is 40.2 Å². The maximum Gasteiger partial charge on any atom is 0.340 e. The van der Waals surface area contributed by atoms with Crippen molar-refractivity contribution in [3.63, 3.8) is 0 Å². The third-order valence-corrected chi connectivity index (χ3v) is 22.0. The first-order valence-electron chi connectivity index (χ1n) is 43.5. The number of imidazole rings is 2. The number of aromatic hydroxyl groups is 2. The van der Waals surface area contributed by atoms with Crippen LogP contribution in [0.4, 0.5) is 0 Å². The Labute approximate surface area is 786 Å². The maximum atomic E-state index is 14.3. The molecule has 30 N–H and O–H groups in total. The highest BCUT2D eigenvalue weighted by Crippen LogP contribution is 2.57. The number of aromatic nitrogens is 4. The number of nitrogens with one attached hydrogen (secondary N) is 19. The number of benzene rings is 3. The van der Waals surface area contributed by atoms with Crippen molar-refractivity contribution in [2.45, 2.75) is 230 Å². The van der Waals surface area contributed by atoms with E-state index in [9.17, 15) is 126 Å². The normalized spacial score (nSPS) is 15.2.